The lowest BCUT2D eigenvalue weighted by molar-refractivity contribution is 0.673. The molecule has 0 saturated carbocycles. The first kappa shape index (κ1) is 10.9. The van der Waals surface area contributed by atoms with E-state index < -0.39 is 0 Å². The van der Waals surface area contributed by atoms with Crippen LogP contribution in [0.4, 0.5) is 0 Å². The highest BCUT2D eigenvalue weighted by Gasteiger charge is 2.12. The second-order valence-electron chi connectivity index (χ2n) is 4.20. The molecule has 16 heavy (non-hydrogen) atoms. The largest absolute Gasteiger partial charge is 0.319 e. The van der Waals surface area contributed by atoms with Crippen LogP contribution < -0.4 is 5.73 Å². The maximum absolute atomic E-state index is 6.22. The summed E-state index contributed by atoms with van der Waals surface area (Å²) in [6.07, 6.45) is 1.77. The molecule has 0 aliphatic carbocycles. The van der Waals surface area contributed by atoms with Crippen molar-refractivity contribution in [1.29, 1.82) is 0 Å². The Balaban J connectivity index is 2.38. The smallest absolute Gasteiger partial charge is 0.0723 e. The zero-order chi connectivity index (χ0) is 11.7. The summed E-state index contributed by atoms with van der Waals surface area (Å²) in [7, 11) is 1.91. The fourth-order valence-electron chi connectivity index (χ4n) is 1.82. The minimum atomic E-state index is -0.105. The molecule has 0 aliphatic heterocycles. The number of hydrogen-bond donors (Lipinski definition) is 1. The molecule has 0 bridgehead atoms. The van der Waals surface area contributed by atoms with Gasteiger partial charge in [-0.15, -0.1) is 0 Å². The highest BCUT2D eigenvalue weighted by atomic mass is 15.3. The van der Waals surface area contributed by atoms with Gasteiger partial charge in [0.2, 0.25) is 0 Å². The Labute approximate surface area is 95.9 Å². The molecule has 1 aromatic heterocycles. The number of aryl methyl sites for hydroxylation is 3. The third-order valence-electron chi connectivity index (χ3n) is 3.07. The second kappa shape index (κ2) is 4.10. The van der Waals surface area contributed by atoms with Gasteiger partial charge in [0, 0.05) is 13.2 Å². The van der Waals surface area contributed by atoms with Gasteiger partial charge in [0.15, 0.2) is 0 Å². The molecule has 2 N–H and O–H groups in total. The Morgan fingerprint density at radius 1 is 1.19 bits per heavy atom. The molecule has 2 aromatic rings. The van der Waals surface area contributed by atoms with Crippen molar-refractivity contribution in [2.24, 2.45) is 12.8 Å². The zero-order valence-corrected chi connectivity index (χ0v) is 9.94. The van der Waals surface area contributed by atoms with Crippen molar-refractivity contribution in [1.82, 2.24) is 9.78 Å². The maximum Gasteiger partial charge on any atom is 0.0723 e. The Morgan fingerprint density at radius 2 is 1.94 bits per heavy atom. The topological polar surface area (TPSA) is 43.8 Å². The van der Waals surface area contributed by atoms with Crippen LogP contribution in [-0.4, -0.2) is 9.78 Å². The highest BCUT2D eigenvalue weighted by molar-refractivity contribution is 5.34. The summed E-state index contributed by atoms with van der Waals surface area (Å²) in [5.74, 6) is 0. The number of benzene rings is 1. The summed E-state index contributed by atoms with van der Waals surface area (Å²) >= 11 is 0. The van der Waals surface area contributed by atoms with Crippen molar-refractivity contribution in [3.63, 3.8) is 0 Å². The van der Waals surface area contributed by atoms with Crippen molar-refractivity contribution >= 4 is 0 Å². The number of rotatable bonds is 2. The zero-order valence-electron chi connectivity index (χ0n) is 9.94. The Bertz CT molecular complexity index is 500. The van der Waals surface area contributed by atoms with Gasteiger partial charge in [-0.3, -0.25) is 4.68 Å². The number of nitrogens with zero attached hydrogens (tertiary/aromatic N) is 2. The molecule has 0 spiro atoms. The summed E-state index contributed by atoms with van der Waals surface area (Å²) in [4.78, 5) is 0. The van der Waals surface area contributed by atoms with Crippen LogP contribution in [0.2, 0.25) is 0 Å². The summed E-state index contributed by atoms with van der Waals surface area (Å²) in [5, 5.41) is 4.14. The van der Waals surface area contributed by atoms with E-state index in [2.05, 4.69) is 37.1 Å². The Morgan fingerprint density at radius 3 is 2.50 bits per heavy atom. The molecule has 1 heterocycles. The van der Waals surface area contributed by atoms with Gasteiger partial charge in [-0.1, -0.05) is 18.2 Å². The SMILES string of the molecule is Cc1ccc(C(N)c2ccnn2C)cc1C. The minimum Gasteiger partial charge on any atom is -0.319 e. The molecule has 3 heteroatoms. The molecular formula is C13H17N3. The lowest BCUT2D eigenvalue weighted by Gasteiger charge is -2.14. The van der Waals surface area contributed by atoms with Gasteiger partial charge in [-0.2, -0.15) is 5.10 Å². The van der Waals surface area contributed by atoms with Gasteiger partial charge in [0.1, 0.15) is 0 Å². The molecule has 0 aliphatic rings. The van der Waals surface area contributed by atoms with E-state index in [9.17, 15) is 0 Å². The molecule has 3 nitrogen and oxygen atoms in total. The predicted octanol–water partition coefficient (Wildman–Crippen LogP) is 2.09. The molecule has 0 fully saturated rings. The number of hydrogen-bond acceptors (Lipinski definition) is 2. The average molecular weight is 215 g/mol. The van der Waals surface area contributed by atoms with Gasteiger partial charge in [-0.25, -0.2) is 0 Å². The van der Waals surface area contributed by atoms with Crippen LogP contribution in [0, 0.1) is 13.8 Å². The average Bonchev–Trinajstić information content (AvgIpc) is 2.67. The van der Waals surface area contributed by atoms with Crippen molar-refractivity contribution in [2.45, 2.75) is 19.9 Å². The molecule has 0 amide bonds. The predicted molar refractivity (Wildman–Crippen MR) is 65.2 cm³/mol. The fraction of sp³-hybridized carbons (Fsp3) is 0.308. The first-order chi connectivity index (χ1) is 7.59. The van der Waals surface area contributed by atoms with Crippen molar-refractivity contribution in [3.05, 3.63) is 52.8 Å². The molecular weight excluding hydrogens is 198 g/mol. The molecule has 1 unspecified atom stereocenters. The van der Waals surface area contributed by atoms with Gasteiger partial charge in [-0.05, 0) is 36.6 Å². The van der Waals surface area contributed by atoms with E-state index in [1.54, 1.807) is 6.20 Å². The third-order valence-corrected chi connectivity index (χ3v) is 3.07. The van der Waals surface area contributed by atoms with Gasteiger partial charge in [0.05, 0.1) is 11.7 Å². The van der Waals surface area contributed by atoms with Gasteiger partial charge in [0.25, 0.3) is 0 Å². The van der Waals surface area contributed by atoms with Crippen LogP contribution in [0.3, 0.4) is 0 Å². The van der Waals surface area contributed by atoms with E-state index >= 15 is 0 Å². The van der Waals surface area contributed by atoms with E-state index in [4.69, 9.17) is 5.73 Å². The Kier molecular flexibility index (Phi) is 2.79. The quantitative estimate of drug-likeness (QED) is 0.833. The van der Waals surface area contributed by atoms with Crippen LogP contribution in [0.1, 0.15) is 28.4 Å². The fourth-order valence-corrected chi connectivity index (χ4v) is 1.82. The van der Waals surface area contributed by atoms with Crippen LogP contribution in [0.25, 0.3) is 0 Å². The first-order valence-corrected chi connectivity index (χ1v) is 5.40. The van der Waals surface area contributed by atoms with Crippen LogP contribution in [0.5, 0.6) is 0 Å². The van der Waals surface area contributed by atoms with E-state index in [-0.39, 0.29) is 6.04 Å². The summed E-state index contributed by atoms with van der Waals surface area (Å²) in [6.45, 7) is 4.21. The van der Waals surface area contributed by atoms with E-state index in [0.29, 0.717) is 0 Å². The van der Waals surface area contributed by atoms with Gasteiger partial charge >= 0.3 is 0 Å². The van der Waals surface area contributed by atoms with E-state index in [0.717, 1.165) is 11.3 Å². The first-order valence-electron chi connectivity index (χ1n) is 5.40. The summed E-state index contributed by atoms with van der Waals surface area (Å²) in [5.41, 5.74) is 10.9. The number of aromatic nitrogens is 2. The molecule has 1 atom stereocenters. The summed E-state index contributed by atoms with van der Waals surface area (Å²) in [6, 6.07) is 8.19. The molecule has 0 saturated heterocycles. The highest BCUT2D eigenvalue weighted by Crippen LogP contribution is 2.20. The summed E-state index contributed by atoms with van der Waals surface area (Å²) < 4.78 is 1.82. The molecule has 0 radical (unpaired) electrons. The van der Waals surface area contributed by atoms with Crippen LogP contribution >= 0.6 is 0 Å². The van der Waals surface area contributed by atoms with Crippen LogP contribution in [0.15, 0.2) is 30.5 Å². The maximum atomic E-state index is 6.22. The standard InChI is InChI=1S/C13H17N3/c1-9-4-5-11(8-10(9)2)13(14)12-6-7-15-16(12)3/h4-8,13H,14H2,1-3H3. The minimum absolute atomic E-state index is 0.105. The van der Waals surface area contributed by atoms with Crippen LogP contribution in [-0.2, 0) is 7.05 Å². The monoisotopic (exact) mass is 215 g/mol. The third kappa shape index (κ3) is 1.86. The lowest BCUT2D eigenvalue weighted by atomic mass is 10.00. The second-order valence-corrected chi connectivity index (χ2v) is 4.20. The normalized spacial score (nSPS) is 12.8. The van der Waals surface area contributed by atoms with Crippen molar-refractivity contribution < 1.29 is 0 Å². The van der Waals surface area contributed by atoms with E-state index in [1.165, 1.54) is 11.1 Å². The lowest BCUT2D eigenvalue weighted by Crippen LogP contribution is -2.16. The van der Waals surface area contributed by atoms with E-state index in [1.807, 2.05) is 17.8 Å². The van der Waals surface area contributed by atoms with Crippen molar-refractivity contribution in [2.75, 3.05) is 0 Å². The van der Waals surface area contributed by atoms with Crippen molar-refractivity contribution in [3.8, 4) is 0 Å². The molecule has 84 valence electrons. The molecule has 1 aromatic carbocycles. The Hall–Kier alpha value is -1.61. The number of nitrogens with two attached hydrogens (primary N) is 1. The van der Waals surface area contributed by atoms with Gasteiger partial charge < -0.3 is 5.73 Å². The molecule has 2 rings (SSSR count).